The molecule has 0 aliphatic carbocycles. The summed E-state index contributed by atoms with van der Waals surface area (Å²) in [4.78, 5) is 0. The maximum atomic E-state index is 16.6. The Hall–Kier alpha value is 0.558. The molecule has 24 heavy (non-hydrogen) atoms. The third kappa shape index (κ3) is 7.05. The summed E-state index contributed by atoms with van der Waals surface area (Å²) in [5, 5.41) is 9.75. The molecule has 6 nitrogen and oxygen atoms in total. The van der Waals surface area contributed by atoms with Crippen LogP contribution in [0.1, 0.15) is 0 Å². The smallest absolute Gasteiger partial charge is 0.292 e. The number of halogens is 1. The van der Waals surface area contributed by atoms with E-state index in [4.69, 9.17) is 0 Å². The van der Waals surface area contributed by atoms with E-state index >= 15 is 4.11 Å². The van der Waals surface area contributed by atoms with Crippen LogP contribution < -0.4 is 10.2 Å². The van der Waals surface area contributed by atoms with E-state index in [2.05, 4.69) is 77.8 Å². The first kappa shape index (κ1) is 24.6. The highest BCUT2D eigenvalue weighted by Gasteiger charge is 2.57. The van der Waals surface area contributed by atoms with E-state index in [1.165, 1.54) is 0 Å². The summed E-state index contributed by atoms with van der Waals surface area (Å²) >= 11 is 0. The molecule has 2 N–H and O–H groups in total. The van der Waals surface area contributed by atoms with Gasteiger partial charge in [-0.05, 0) is 0 Å². The number of hydrogen-bond acceptors (Lipinski definition) is 6. The predicted molar refractivity (Wildman–Crippen MR) is 114 cm³/mol. The molecule has 0 spiro atoms. The van der Waals surface area contributed by atoms with Gasteiger partial charge < -0.3 is 0 Å². The fourth-order valence-electron chi connectivity index (χ4n) is 3.22. The van der Waals surface area contributed by atoms with E-state index in [-0.39, 0.29) is 0 Å². The third-order valence-corrected chi connectivity index (χ3v) is 17.6. The highest BCUT2D eigenvalue weighted by molar-refractivity contribution is 6.94. The zero-order valence-corrected chi connectivity index (χ0v) is 22.2. The molecule has 0 unspecified atom stereocenters. The molecule has 0 saturated carbocycles. The molecule has 0 saturated heterocycles. The molecular weight excluding hydrogens is 372 g/mol. The molecule has 0 aromatic carbocycles. The van der Waals surface area contributed by atoms with Crippen LogP contribution in [-0.4, -0.2) is 80.5 Å². The maximum Gasteiger partial charge on any atom is 0.516 e. The van der Waals surface area contributed by atoms with Gasteiger partial charge in [-0.25, -0.2) is 14.5 Å². The van der Waals surface area contributed by atoms with Crippen molar-refractivity contribution < 1.29 is 4.11 Å². The Kier molecular flexibility index (Phi) is 8.25. The highest BCUT2D eigenvalue weighted by atomic mass is 28.5. The molecule has 0 aliphatic heterocycles. The largest absolute Gasteiger partial charge is 0.516 e. The first-order valence-electron chi connectivity index (χ1n) is 8.52. The van der Waals surface area contributed by atoms with Gasteiger partial charge in [0.15, 0.2) is 0 Å². The molecule has 0 aliphatic rings. The molecule has 0 rings (SSSR count). The lowest BCUT2D eigenvalue weighted by molar-refractivity contribution is 0.212. The Morgan fingerprint density at radius 3 is 0.958 bits per heavy atom. The molecule has 0 atom stereocenters. The highest BCUT2D eigenvalue weighted by Crippen LogP contribution is 2.30. The average Bonchev–Trinajstić information content (AvgIpc) is 2.17. The Morgan fingerprint density at radius 1 is 0.542 bits per heavy atom. The van der Waals surface area contributed by atoms with Crippen molar-refractivity contribution in [2.45, 2.75) is 58.9 Å². The van der Waals surface area contributed by atoms with Gasteiger partial charge in [0.2, 0.25) is 0 Å². The molecule has 11 heteroatoms. The van der Waals surface area contributed by atoms with Gasteiger partial charge in [0.05, 0.1) is 0 Å². The fourth-order valence-corrected chi connectivity index (χ4v) is 25.0. The minimum absolute atomic E-state index is 1.74. The molecule has 0 amide bonds. The minimum atomic E-state index is -3.68. The lowest BCUT2D eigenvalue weighted by atomic mass is 11.2. The second kappa shape index (κ2) is 8.06. The summed E-state index contributed by atoms with van der Waals surface area (Å²) in [5.41, 5.74) is 0. The van der Waals surface area contributed by atoms with Crippen molar-refractivity contribution in [1.29, 1.82) is 0 Å². The Bertz CT molecular complexity index is 379. The van der Waals surface area contributed by atoms with Crippen molar-refractivity contribution in [3.8, 4) is 0 Å². The molecular formula is C13H41FN6Si4. The van der Waals surface area contributed by atoms with Gasteiger partial charge in [-0.2, -0.15) is 0 Å². The topological polar surface area (TPSA) is 37.0 Å². The summed E-state index contributed by atoms with van der Waals surface area (Å²) in [6.45, 7) is 20.6. The number of rotatable bonds is 9. The molecule has 0 fully saturated rings. The Balaban J connectivity index is 6.40. The van der Waals surface area contributed by atoms with Gasteiger partial charge in [0.1, 0.15) is 24.7 Å². The van der Waals surface area contributed by atoms with E-state index in [1.807, 2.05) is 28.2 Å². The molecule has 146 valence electrons. The van der Waals surface area contributed by atoms with Crippen LogP contribution >= 0.6 is 0 Å². The van der Waals surface area contributed by atoms with Crippen LogP contribution in [0.15, 0.2) is 0 Å². The summed E-state index contributed by atoms with van der Waals surface area (Å²) in [6.07, 6.45) is 0. The molecule has 0 aromatic heterocycles. The van der Waals surface area contributed by atoms with Gasteiger partial charge >= 0.3 is 8.89 Å². The summed E-state index contributed by atoms with van der Waals surface area (Å²) in [5.74, 6) is 0. The maximum absolute atomic E-state index is 16.6. The molecule has 0 heterocycles. The Morgan fingerprint density at radius 2 is 0.792 bits per heavy atom. The van der Waals surface area contributed by atoms with Crippen molar-refractivity contribution in [3.63, 3.8) is 0 Å². The normalized spacial score (nSPS) is 15.2. The lowest BCUT2D eigenvalue weighted by Crippen LogP contribution is -2.87. The molecule has 0 aromatic rings. The first-order chi connectivity index (χ1) is 10.3. The second-order valence-electron chi connectivity index (χ2n) is 9.77. The van der Waals surface area contributed by atoms with Gasteiger partial charge in [0.25, 0.3) is 0 Å². The van der Waals surface area contributed by atoms with Crippen molar-refractivity contribution in [2.24, 2.45) is 0 Å². The number of hydrazine groups is 3. The number of hydrogen-bond donors (Lipinski definition) is 2. The molecule has 0 bridgehead atoms. The average molecular weight is 413 g/mol. The van der Waals surface area contributed by atoms with Crippen LogP contribution in [0.25, 0.3) is 0 Å². The predicted octanol–water partition coefficient (Wildman–Crippen LogP) is 2.55. The van der Waals surface area contributed by atoms with Crippen LogP contribution in [0.4, 0.5) is 4.11 Å². The number of nitrogens with zero attached hydrogens (tertiary/aromatic N) is 4. The fraction of sp³-hybridized carbons (Fsp3) is 1.00. The van der Waals surface area contributed by atoms with Crippen LogP contribution in [0.5, 0.6) is 0 Å². The van der Waals surface area contributed by atoms with Crippen molar-refractivity contribution in [2.75, 3.05) is 28.2 Å². The van der Waals surface area contributed by atoms with Crippen LogP contribution in [0.2, 0.25) is 58.9 Å². The lowest BCUT2D eigenvalue weighted by Gasteiger charge is -2.58. The first-order valence-corrected chi connectivity index (χ1v) is 20.7. The van der Waals surface area contributed by atoms with Crippen molar-refractivity contribution in [3.05, 3.63) is 0 Å². The summed E-state index contributed by atoms with van der Waals surface area (Å²) < 4.78 is 21.2. The quantitative estimate of drug-likeness (QED) is 0.344. The zero-order chi connectivity index (χ0) is 19.7. The third-order valence-electron chi connectivity index (χ3n) is 3.14. The van der Waals surface area contributed by atoms with Crippen molar-refractivity contribution >= 4 is 33.6 Å². The molecule has 0 radical (unpaired) electrons. The van der Waals surface area contributed by atoms with E-state index in [0.717, 1.165) is 0 Å². The monoisotopic (exact) mass is 412 g/mol. The van der Waals surface area contributed by atoms with Crippen LogP contribution in [0, 0.1) is 0 Å². The van der Waals surface area contributed by atoms with E-state index in [0.29, 0.717) is 0 Å². The van der Waals surface area contributed by atoms with E-state index < -0.39 is 33.6 Å². The number of nitrogens with one attached hydrogen (secondary N) is 2. The Labute approximate surface area is 154 Å². The van der Waals surface area contributed by atoms with Crippen LogP contribution in [0.3, 0.4) is 0 Å². The zero-order valence-electron chi connectivity index (χ0n) is 18.2. The second-order valence-corrected chi connectivity index (χ2v) is 27.1. The van der Waals surface area contributed by atoms with Gasteiger partial charge in [-0.3, -0.25) is 18.5 Å². The van der Waals surface area contributed by atoms with Gasteiger partial charge in [-0.15, -0.1) is 0 Å². The van der Waals surface area contributed by atoms with E-state index in [9.17, 15) is 0 Å². The van der Waals surface area contributed by atoms with Crippen molar-refractivity contribution in [1.82, 2.24) is 28.9 Å². The van der Waals surface area contributed by atoms with Crippen LogP contribution in [-0.2, 0) is 0 Å². The summed E-state index contributed by atoms with van der Waals surface area (Å²) in [6, 6.07) is 0. The SMILES string of the molecule is CN(C)N[Si](F)(NN(C)C)N(N([Si](C)(C)C)[Si](C)(C)C)[Si](C)(C)C. The summed E-state index contributed by atoms with van der Waals surface area (Å²) in [7, 11) is -1.81. The standard InChI is InChI=1S/C13H41FN6Si4/c1-17(2)15-24(14,16-18(3)4)20(23(11,12)13)19(21(5,6)7)22(8,9)10/h15-16H,1-13H3. The van der Waals surface area contributed by atoms with E-state index in [1.54, 1.807) is 10.0 Å². The van der Waals surface area contributed by atoms with Gasteiger partial charge in [0, 0.05) is 28.2 Å². The van der Waals surface area contributed by atoms with Gasteiger partial charge in [-0.1, -0.05) is 58.9 Å². The minimum Gasteiger partial charge on any atom is -0.292 e.